The molecule has 4 heteroatoms. The number of ether oxygens (including phenoxy) is 1. The number of hydrogen-bond acceptors (Lipinski definition) is 3. The van der Waals surface area contributed by atoms with Gasteiger partial charge in [-0.25, -0.2) is 4.79 Å². The molecule has 0 radical (unpaired) electrons. The lowest BCUT2D eigenvalue weighted by atomic mass is 9.88. The second kappa shape index (κ2) is 5.29. The van der Waals surface area contributed by atoms with Gasteiger partial charge in [0.05, 0.1) is 0 Å². The molecule has 98 valence electrons. The zero-order valence-corrected chi connectivity index (χ0v) is 10.8. The summed E-state index contributed by atoms with van der Waals surface area (Å²) in [5, 5.41) is 8.51. The summed E-state index contributed by atoms with van der Waals surface area (Å²) in [5.41, 5.74) is 1.18. The molecule has 1 aromatic rings. The molecule has 0 atom stereocenters. The Kier molecular flexibility index (Phi) is 3.75. The maximum Gasteiger partial charge on any atom is 0.341 e. The first-order chi connectivity index (χ1) is 8.56. The summed E-state index contributed by atoms with van der Waals surface area (Å²) < 4.78 is 5.10. The fourth-order valence-corrected chi connectivity index (χ4v) is 2.04. The van der Waals surface area contributed by atoms with E-state index in [2.05, 4.69) is 18.7 Å². The van der Waals surface area contributed by atoms with Crippen molar-refractivity contribution in [1.82, 2.24) is 0 Å². The van der Waals surface area contributed by atoms with E-state index in [1.807, 2.05) is 24.3 Å². The molecular formula is C14H19NO3. The zero-order valence-electron chi connectivity index (χ0n) is 10.8. The van der Waals surface area contributed by atoms with Crippen molar-refractivity contribution in [3.05, 3.63) is 24.3 Å². The van der Waals surface area contributed by atoms with E-state index in [1.165, 1.54) is 5.69 Å². The van der Waals surface area contributed by atoms with Crippen molar-refractivity contribution >= 4 is 11.7 Å². The van der Waals surface area contributed by atoms with Crippen LogP contribution in [-0.2, 0) is 4.79 Å². The Balaban J connectivity index is 1.87. The molecule has 1 aliphatic heterocycles. The van der Waals surface area contributed by atoms with Gasteiger partial charge in [0.2, 0.25) is 0 Å². The van der Waals surface area contributed by atoms with Crippen LogP contribution in [0.2, 0.25) is 0 Å². The lowest BCUT2D eigenvalue weighted by Crippen LogP contribution is -2.49. The van der Waals surface area contributed by atoms with Gasteiger partial charge in [0.25, 0.3) is 0 Å². The molecule has 2 rings (SSSR count). The second-order valence-corrected chi connectivity index (χ2v) is 5.09. The summed E-state index contributed by atoms with van der Waals surface area (Å²) in [7, 11) is 0. The van der Waals surface area contributed by atoms with Crippen LogP contribution in [-0.4, -0.2) is 30.8 Å². The molecule has 0 aliphatic carbocycles. The van der Waals surface area contributed by atoms with Gasteiger partial charge < -0.3 is 14.7 Å². The van der Waals surface area contributed by atoms with Gasteiger partial charge in [-0.2, -0.15) is 0 Å². The first-order valence-corrected chi connectivity index (χ1v) is 6.26. The molecule has 0 aromatic heterocycles. The second-order valence-electron chi connectivity index (χ2n) is 5.09. The van der Waals surface area contributed by atoms with Crippen molar-refractivity contribution in [2.45, 2.75) is 13.8 Å². The van der Waals surface area contributed by atoms with E-state index in [-0.39, 0.29) is 6.61 Å². The maximum atomic E-state index is 10.4. The number of nitrogens with zero attached hydrogens (tertiary/aromatic N) is 1. The standard InChI is InChI=1S/C14H19NO3/c1-10(2)11-7-15(8-11)12-3-5-13(6-4-12)18-9-14(16)17/h3-6,10-11H,7-9H2,1-2H3,(H,16,17). The topological polar surface area (TPSA) is 49.8 Å². The Morgan fingerprint density at radius 3 is 2.50 bits per heavy atom. The minimum atomic E-state index is -0.957. The van der Waals surface area contributed by atoms with Crippen molar-refractivity contribution in [2.24, 2.45) is 11.8 Å². The smallest absolute Gasteiger partial charge is 0.341 e. The lowest BCUT2D eigenvalue weighted by Gasteiger charge is -2.43. The number of benzene rings is 1. The Morgan fingerprint density at radius 1 is 1.39 bits per heavy atom. The normalized spacial score (nSPS) is 15.6. The quantitative estimate of drug-likeness (QED) is 0.869. The summed E-state index contributed by atoms with van der Waals surface area (Å²) in [6, 6.07) is 7.60. The predicted octanol–water partition coefficient (Wildman–Crippen LogP) is 2.24. The van der Waals surface area contributed by atoms with E-state index in [1.54, 1.807) is 0 Å². The third-order valence-electron chi connectivity index (χ3n) is 3.42. The first kappa shape index (κ1) is 12.7. The van der Waals surface area contributed by atoms with Crippen molar-refractivity contribution < 1.29 is 14.6 Å². The van der Waals surface area contributed by atoms with E-state index < -0.39 is 5.97 Å². The fourth-order valence-electron chi connectivity index (χ4n) is 2.04. The van der Waals surface area contributed by atoms with Crippen LogP contribution < -0.4 is 9.64 Å². The number of carbonyl (C=O) groups is 1. The molecule has 1 aliphatic rings. The number of anilines is 1. The van der Waals surface area contributed by atoms with E-state index in [0.29, 0.717) is 5.75 Å². The molecule has 0 amide bonds. The van der Waals surface area contributed by atoms with Crippen LogP contribution in [0.4, 0.5) is 5.69 Å². The lowest BCUT2D eigenvalue weighted by molar-refractivity contribution is -0.139. The highest BCUT2D eigenvalue weighted by Gasteiger charge is 2.28. The molecule has 1 aromatic carbocycles. The van der Waals surface area contributed by atoms with Gasteiger partial charge in [-0.15, -0.1) is 0 Å². The molecule has 18 heavy (non-hydrogen) atoms. The predicted molar refractivity (Wildman–Crippen MR) is 70.1 cm³/mol. The molecule has 1 saturated heterocycles. The highest BCUT2D eigenvalue weighted by molar-refractivity contribution is 5.68. The van der Waals surface area contributed by atoms with Crippen molar-refractivity contribution in [3.8, 4) is 5.75 Å². The van der Waals surface area contributed by atoms with Crippen molar-refractivity contribution in [2.75, 3.05) is 24.6 Å². The average molecular weight is 249 g/mol. The molecular weight excluding hydrogens is 230 g/mol. The van der Waals surface area contributed by atoms with Crippen LogP contribution in [0.3, 0.4) is 0 Å². The summed E-state index contributed by atoms with van der Waals surface area (Å²) in [6.45, 7) is 6.42. The number of carboxylic acids is 1. The molecule has 1 fully saturated rings. The van der Waals surface area contributed by atoms with Gasteiger partial charge in [0, 0.05) is 18.8 Å². The summed E-state index contributed by atoms with van der Waals surface area (Å²) in [5.74, 6) is 1.16. The fraction of sp³-hybridized carbons (Fsp3) is 0.500. The van der Waals surface area contributed by atoms with E-state index in [4.69, 9.17) is 9.84 Å². The summed E-state index contributed by atoms with van der Waals surface area (Å²) >= 11 is 0. The molecule has 0 saturated carbocycles. The zero-order chi connectivity index (χ0) is 13.1. The third kappa shape index (κ3) is 2.94. The summed E-state index contributed by atoms with van der Waals surface area (Å²) in [6.07, 6.45) is 0. The minimum absolute atomic E-state index is 0.293. The van der Waals surface area contributed by atoms with Crippen LogP contribution in [0.15, 0.2) is 24.3 Å². The van der Waals surface area contributed by atoms with Gasteiger partial charge in [0.1, 0.15) is 5.75 Å². The van der Waals surface area contributed by atoms with Crippen molar-refractivity contribution in [1.29, 1.82) is 0 Å². The molecule has 0 spiro atoms. The third-order valence-corrected chi connectivity index (χ3v) is 3.42. The van der Waals surface area contributed by atoms with Crippen LogP contribution in [0.1, 0.15) is 13.8 Å². The number of hydrogen-bond donors (Lipinski definition) is 1. The van der Waals surface area contributed by atoms with E-state index in [9.17, 15) is 4.79 Å². The van der Waals surface area contributed by atoms with Crippen molar-refractivity contribution in [3.63, 3.8) is 0 Å². The number of carboxylic acid groups (broad SMARTS) is 1. The molecule has 1 heterocycles. The Morgan fingerprint density at radius 2 is 2.00 bits per heavy atom. The highest BCUT2D eigenvalue weighted by Crippen LogP contribution is 2.29. The SMILES string of the molecule is CC(C)C1CN(c2ccc(OCC(=O)O)cc2)C1. The van der Waals surface area contributed by atoms with Crippen LogP contribution >= 0.6 is 0 Å². The van der Waals surface area contributed by atoms with E-state index in [0.717, 1.165) is 24.9 Å². The molecule has 1 N–H and O–H groups in total. The molecule has 4 nitrogen and oxygen atoms in total. The van der Waals surface area contributed by atoms with Gasteiger partial charge in [-0.3, -0.25) is 0 Å². The minimum Gasteiger partial charge on any atom is -0.482 e. The first-order valence-electron chi connectivity index (χ1n) is 6.26. The molecule has 0 bridgehead atoms. The Labute approximate surface area is 107 Å². The van der Waals surface area contributed by atoms with Gasteiger partial charge >= 0.3 is 5.97 Å². The largest absolute Gasteiger partial charge is 0.482 e. The summed E-state index contributed by atoms with van der Waals surface area (Å²) in [4.78, 5) is 12.7. The van der Waals surface area contributed by atoms with Gasteiger partial charge in [0.15, 0.2) is 6.61 Å². The Hall–Kier alpha value is -1.71. The van der Waals surface area contributed by atoms with Crippen LogP contribution in [0.25, 0.3) is 0 Å². The van der Waals surface area contributed by atoms with Gasteiger partial charge in [-0.1, -0.05) is 13.8 Å². The Bertz CT molecular complexity index is 408. The monoisotopic (exact) mass is 249 g/mol. The maximum absolute atomic E-state index is 10.4. The average Bonchev–Trinajstić information content (AvgIpc) is 2.25. The molecule has 0 unspecified atom stereocenters. The highest BCUT2D eigenvalue weighted by atomic mass is 16.5. The van der Waals surface area contributed by atoms with Crippen LogP contribution in [0.5, 0.6) is 5.75 Å². The van der Waals surface area contributed by atoms with Gasteiger partial charge in [-0.05, 0) is 36.1 Å². The number of aliphatic carboxylic acids is 1. The van der Waals surface area contributed by atoms with E-state index >= 15 is 0 Å². The number of rotatable bonds is 5. The van der Waals surface area contributed by atoms with Crippen LogP contribution in [0, 0.1) is 11.8 Å².